The van der Waals surface area contributed by atoms with Gasteiger partial charge in [0.2, 0.25) is 0 Å². The summed E-state index contributed by atoms with van der Waals surface area (Å²) in [7, 11) is 1.83. The number of esters is 1. The van der Waals surface area contributed by atoms with Gasteiger partial charge in [0.15, 0.2) is 0 Å². The van der Waals surface area contributed by atoms with Gasteiger partial charge in [0.1, 0.15) is 6.04 Å². The molecule has 0 saturated carbocycles. The highest BCUT2D eigenvalue weighted by atomic mass is 16.5. The molecule has 0 aromatic carbocycles. The van der Waals surface area contributed by atoms with E-state index in [1.54, 1.807) is 0 Å². The molecular formula is C16H32N2O2. The Morgan fingerprint density at radius 1 is 1.35 bits per heavy atom. The minimum atomic E-state index is -0.162. The third kappa shape index (κ3) is 6.23. The van der Waals surface area contributed by atoms with Gasteiger partial charge in [-0.05, 0) is 58.7 Å². The van der Waals surface area contributed by atoms with E-state index in [9.17, 15) is 4.79 Å². The second-order valence-electron chi connectivity index (χ2n) is 5.81. The van der Waals surface area contributed by atoms with E-state index in [0.717, 1.165) is 18.9 Å². The topological polar surface area (TPSA) is 41.6 Å². The Balaban J connectivity index is 2.31. The molecule has 4 nitrogen and oxygen atoms in total. The molecule has 0 aromatic heterocycles. The summed E-state index contributed by atoms with van der Waals surface area (Å²) >= 11 is 0. The summed E-state index contributed by atoms with van der Waals surface area (Å²) < 4.78 is 5.09. The molecule has 1 rings (SSSR count). The molecule has 1 fully saturated rings. The van der Waals surface area contributed by atoms with E-state index >= 15 is 0 Å². The lowest BCUT2D eigenvalue weighted by Crippen LogP contribution is -2.39. The summed E-state index contributed by atoms with van der Waals surface area (Å²) in [5.74, 6) is 0.795. The Bertz CT molecular complexity index is 271. The molecule has 1 aliphatic rings. The van der Waals surface area contributed by atoms with Crippen molar-refractivity contribution in [1.29, 1.82) is 0 Å². The molecular weight excluding hydrogens is 252 g/mol. The molecule has 118 valence electrons. The number of carbonyl (C=O) groups excluding carboxylic acids is 1. The Morgan fingerprint density at radius 3 is 2.80 bits per heavy atom. The normalized spacial score (nSPS) is 22.2. The maximum atomic E-state index is 11.7. The molecule has 2 atom stereocenters. The monoisotopic (exact) mass is 284 g/mol. The van der Waals surface area contributed by atoms with Gasteiger partial charge in [0.25, 0.3) is 0 Å². The number of likely N-dealkylation sites (N-methyl/N-ethyl adjacent to an activating group) is 1. The molecule has 0 radical (unpaired) electrons. The third-order valence-corrected chi connectivity index (χ3v) is 4.29. The molecule has 0 aliphatic carbocycles. The summed E-state index contributed by atoms with van der Waals surface area (Å²) in [4.78, 5) is 14.3. The smallest absolute Gasteiger partial charge is 0.323 e. The Labute approximate surface area is 124 Å². The molecule has 20 heavy (non-hydrogen) atoms. The second kappa shape index (κ2) is 10.2. The molecule has 1 saturated heterocycles. The summed E-state index contributed by atoms with van der Waals surface area (Å²) in [5.41, 5.74) is 0. The van der Waals surface area contributed by atoms with Gasteiger partial charge in [-0.15, -0.1) is 0 Å². The van der Waals surface area contributed by atoms with Crippen LogP contribution in [0.1, 0.15) is 52.4 Å². The van der Waals surface area contributed by atoms with Crippen molar-refractivity contribution in [1.82, 2.24) is 10.2 Å². The van der Waals surface area contributed by atoms with Crippen LogP contribution in [0.4, 0.5) is 0 Å². The highest BCUT2D eigenvalue weighted by Crippen LogP contribution is 2.22. The van der Waals surface area contributed by atoms with Crippen LogP contribution in [-0.4, -0.2) is 50.2 Å². The standard InChI is InChI=1S/C16H32N2O2/c1-4-7-14-8-6-11-18(12-9-14)13-10-15(17-3)16(19)20-5-2/h14-15,17H,4-13H2,1-3H3. The molecule has 0 spiro atoms. The van der Waals surface area contributed by atoms with Crippen LogP contribution in [0.5, 0.6) is 0 Å². The van der Waals surface area contributed by atoms with Gasteiger partial charge < -0.3 is 15.0 Å². The first-order valence-electron chi connectivity index (χ1n) is 8.27. The highest BCUT2D eigenvalue weighted by Gasteiger charge is 2.20. The van der Waals surface area contributed by atoms with E-state index in [1.807, 2.05) is 14.0 Å². The minimum absolute atomic E-state index is 0.117. The fourth-order valence-electron chi connectivity index (χ4n) is 3.08. The maximum Gasteiger partial charge on any atom is 0.323 e. The van der Waals surface area contributed by atoms with E-state index in [4.69, 9.17) is 4.74 Å². The number of rotatable bonds is 8. The lowest BCUT2D eigenvalue weighted by atomic mass is 9.96. The first-order chi connectivity index (χ1) is 9.71. The van der Waals surface area contributed by atoms with E-state index in [1.165, 1.54) is 45.2 Å². The van der Waals surface area contributed by atoms with Crippen LogP contribution >= 0.6 is 0 Å². The fraction of sp³-hybridized carbons (Fsp3) is 0.938. The van der Waals surface area contributed by atoms with Crippen LogP contribution in [-0.2, 0) is 9.53 Å². The van der Waals surface area contributed by atoms with Crippen LogP contribution in [0, 0.1) is 5.92 Å². The van der Waals surface area contributed by atoms with Gasteiger partial charge in [-0.3, -0.25) is 4.79 Å². The SMILES string of the molecule is CCCC1CCCN(CCC(NC)C(=O)OCC)CC1. The van der Waals surface area contributed by atoms with Crippen molar-refractivity contribution in [2.24, 2.45) is 5.92 Å². The molecule has 0 bridgehead atoms. The van der Waals surface area contributed by atoms with Crippen LogP contribution in [0.2, 0.25) is 0 Å². The van der Waals surface area contributed by atoms with Crippen LogP contribution in [0.3, 0.4) is 0 Å². The Hall–Kier alpha value is -0.610. The van der Waals surface area contributed by atoms with Crippen LogP contribution in [0.15, 0.2) is 0 Å². The molecule has 4 heteroatoms. The first kappa shape index (κ1) is 17.4. The van der Waals surface area contributed by atoms with Gasteiger partial charge in [-0.1, -0.05) is 19.8 Å². The zero-order valence-electron chi connectivity index (χ0n) is 13.5. The molecule has 1 heterocycles. The average Bonchev–Trinajstić information content (AvgIpc) is 2.66. The second-order valence-corrected chi connectivity index (χ2v) is 5.81. The molecule has 0 aromatic rings. The third-order valence-electron chi connectivity index (χ3n) is 4.29. The van der Waals surface area contributed by atoms with Crippen molar-refractivity contribution in [3.05, 3.63) is 0 Å². The summed E-state index contributed by atoms with van der Waals surface area (Å²) in [6.45, 7) is 7.94. The molecule has 2 unspecified atom stereocenters. The Morgan fingerprint density at radius 2 is 2.15 bits per heavy atom. The lowest BCUT2D eigenvalue weighted by Gasteiger charge is -2.22. The lowest BCUT2D eigenvalue weighted by molar-refractivity contribution is -0.145. The zero-order valence-corrected chi connectivity index (χ0v) is 13.5. The number of likely N-dealkylation sites (tertiary alicyclic amines) is 1. The van der Waals surface area contributed by atoms with Crippen molar-refractivity contribution in [2.45, 2.75) is 58.4 Å². The van der Waals surface area contributed by atoms with Gasteiger partial charge in [-0.2, -0.15) is 0 Å². The van der Waals surface area contributed by atoms with E-state index in [2.05, 4.69) is 17.1 Å². The van der Waals surface area contributed by atoms with Gasteiger partial charge in [0.05, 0.1) is 6.61 Å². The summed E-state index contributed by atoms with van der Waals surface area (Å²) in [6, 6.07) is -0.162. The zero-order chi connectivity index (χ0) is 14.8. The quantitative estimate of drug-likeness (QED) is 0.695. The van der Waals surface area contributed by atoms with E-state index in [0.29, 0.717) is 6.61 Å². The molecule has 0 amide bonds. The van der Waals surface area contributed by atoms with Crippen molar-refractivity contribution in [2.75, 3.05) is 33.3 Å². The number of nitrogens with zero attached hydrogens (tertiary/aromatic N) is 1. The predicted octanol–water partition coefficient (Wildman–Crippen LogP) is 2.43. The minimum Gasteiger partial charge on any atom is -0.465 e. The van der Waals surface area contributed by atoms with Crippen molar-refractivity contribution in [3.8, 4) is 0 Å². The fourth-order valence-corrected chi connectivity index (χ4v) is 3.08. The summed E-state index contributed by atoms with van der Waals surface area (Å²) in [5, 5.41) is 3.07. The van der Waals surface area contributed by atoms with Gasteiger partial charge in [0, 0.05) is 6.54 Å². The van der Waals surface area contributed by atoms with Crippen molar-refractivity contribution >= 4 is 5.97 Å². The molecule has 1 aliphatic heterocycles. The number of hydrogen-bond acceptors (Lipinski definition) is 4. The number of hydrogen-bond donors (Lipinski definition) is 1. The average molecular weight is 284 g/mol. The van der Waals surface area contributed by atoms with E-state index < -0.39 is 0 Å². The number of carbonyl (C=O) groups is 1. The van der Waals surface area contributed by atoms with Crippen molar-refractivity contribution in [3.63, 3.8) is 0 Å². The maximum absolute atomic E-state index is 11.7. The van der Waals surface area contributed by atoms with E-state index in [-0.39, 0.29) is 12.0 Å². The van der Waals surface area contributed by atoms with Gasteiger partial charge >= 0.3 is 5.97 Å². The number of ether oxygens (including phenoxy) is 1. The number of nitrogens with one attached hydrogen (secondary N) is 1. The highest BCUT2D eigenvalue weighted by molar-refractivity contribution is 5.75. The predicted molar refractivity (Wildman–Crippen MR) is 82.8 cm³/mol. The first-order valence-corrected chi connectivity index (χ1v) is 8.27. The van der Waals surface area contributed by atoms with Crippen LogP contribution in [0.25, 0.3) is 0 Å². The molecule has 1 N–H and O–H groups in total. The van der Waals surface area contributed by atoms with Crippen LogP contribution < -0.4 is 5.32 Å². The Kier molecular flexibility index (Phi) is 8.86. The largest absolute Gasteiger partial charge is 0.465 e. The van der Waals surface area contributed by atoms with Crippen molar-refractivity contribution < 1.29 is 9.53 Å². The van der Waals surface area contributed by atoms with Gasteiger partial charge in [-0.25, -0.2) is 0 Å². The summed E-state index contributed by atoms with van der Waals surface area (Å²) in [6.07, 6.45) is 7.50.